The maximum Gasteiger partial charge on any atom is 0.294 e. The number of imide groups is 1. The van der Waals surface area contributed by atoms with Crippen molar-refractivity contribution in [3.63, 3.8) is 0 Å². The summed E-state index contributed by atoms with van der Waals surface area (Å²) in [5, 5.41) is 1.58. The topological polar surface area (TPSA) is 79.6 Å². The van der Waals surface area contributed by atoms with Gasteiger partial charge in [0.2, 0.25) is 5.91 Å². The van der Waals surface area contributed by atoms with E-state index in [0.717, 1.165) is 22.6 Å². The number of thioether (sulfide) groups is 1. The summed E-state index contributed by atoms with van der Waals surface area (Å²) < 4.78 is 32.4. The number of carbonyl (C=O) groups excluding carboxylic acids is 3. The third-order valence-electron chi connectivity index (χ3n) is 4.34. The number of benzene rings is 2. The molecule has 1 N–H and O–H groups in total. The molecule has 3 aromatic rings. The summed E-state index contributed by atoms with van der Waals surface area (Å²) in [5.41, 5.74) is 0.609. The smallest absolute Gasteiger partial charge is 0.294 e. The Kier molecular flexibility index (Phi) is 5.68. The van der Waals surface area contributed by atoms with Crippen LogP contribution in [-0.2, 0) is 9.59 Å². The van der Waals surface area contributed by atoms with Gasteiger partial charge >= 0.3 is 0 Å². The molecule has 1 aliphatic heterocycles. The van der Waals surface area contributed by atoms with Gasteiger partial charge in [0.15, 0.2) is 0 Å². The predicted octanol–water partition coefficient (Wildman–Crippen LogP) is 4.90. The lowest BCUT2D eigenvalue weighted by Crippen LogP contribution is -2.36. The average molecular weight is 440 g/mol. The summed E-state index contributed by atoms with van der Waals surface area (Å²) in [6.45, 7) is -0.605. The second-order valence-electron chi connectivity index (χ2n) is 6.51. The largest absolute Gasteiger partial charge is 0.457 e. The van der Waals surface area contributed by atoms with Gasteiger partial charge in [-0.25, -0.2) is 8.78 Å². The molecule has 2 aromatic carbocycles. The lowest BCUT2D eigenvalue weighted by molar-refractivity contribution is -0.127. The van der Waals surface area contributed by atoms with Crippen LogP contribution < -0.4 is 5.32 Å². The number of nitrogens with one attached hydrogen (secondary N) is 1. The van der Waals surface area contributed by atoms with Gasteiger partial charge in [-0.3, -0.25) is 19.3 Å². The molecule has 0 atom stereocenters. The second-order valence-corrected chi connectivity index (χ2v) is 7.50. The van der Waals surface area contributed by atoms with Gasteiger partial charge in [0.1, 0.15) is 29.7 Å². The van der Waals surface area contributed by atoms with E-state index in [9.17, 15) is 23.2 Å². The number of hydrogen-bond acceptors (Lipinski definition) is 5. The normalized spacial score (nSPS) is 15.0. The van der Waals surface area contributed by atoms with E-state index in [4.69, 9.17) is 4.42 Å². The number of anilines is 1. The van der Waals surface area contributed by atoms with E-state index >= 15 is 0 Å². The molecule has 0 radical (unpaired) electrons. The standard InChI is InChI=1S/C22H14F2N2O4S/c23-14-6-8-17(16(24)10-14)25-20(27)12-26-21(28)19(31-22(26)29)11-15-7-9-18(30-15)13-4-2-1-3-5-13/h1-11H,12H2,(H,25,27)/b19-11-. The minimum atomic E-state index is -0.963. The quantitative estimate of drug-likeness (QED) is 0.571. The van der Waals surface area contributed by atoms with Gasteiger partial charge in [-0.1, -0.05) is 30.3 Å². The Hall–Kier alpha value is -3.72. The maximum atomic E-state index is 13.7. The number of amides is 3. The molecule has 1 saturated heterocycles. The van der Waals surface area contributed by atoms with Crippen LogP contribution in [0, 0.1) is 11.6 Å². The summed E-state index contributed by atoms with van der Waals surface area (Å²) in [6, 6.07) is 15.4. The third-order valence-corrected chi connectivity index (χ3v) is 5.25. The fraction of sp³-hybridized carbons (Fsp3) is 0.0455. The molecule has 0 saturated carbocycles. The molecule has 0 aliphatic carbocycles. The van der Waals surface area contributed by atoms with Gasteiger partial charge in [0.25, 0.3) is 11.1 Å². The molecule has 156 valence electrons. The molecule has 0 spiro atoms. The van der Waals surface area contributed by atoms with Crippen molar-refractivity contribution in [2.75, 3.05) is 11.9 Å². The first-order valence-corrected chi connectivity index (χ1v) is 9.88. The third kappa shape index (κ3) is 4.56. The Morgan fingerprint density at radius 3 is 2.58 bits per heavy atom. The number of furan rings is 1. The van der Waals surface area contributed by atoms with Gasteiger partial charge < -0.3 is 9.73 Å². The van der Waals surface area contributed by atoms with Crippen LogP contribution in [0.25, 0.3) is 17.4 Å². The first kappa shape index (κ1) is 20.5. The lowest BCUT2D eigenvalue weighted by atomic mass is 10.2. The van der Waals surface area contributed by atoms with Crippen molar-refractivity contribution in [3.05, 3.63) is 83.0 Å². The molecule has 1 aliphatic rings. The second kappa shape index (κ2) is 8.57. The summed E-state index contributed by atoms with van der Waals surface area (Å²) >= 11 is 0.670. The number of hydrogen-bond donors (Lipinski definition) is 1. The van der Waals surface area contributed by atoms with Crippen LogP contribution >= 0.6 is 11.8 Å². The molecule has 3 amide bonds. The van der Waals surface area contributed by atoms with Crippen LogP contribution in [-0.4, -0.2) is 28.5 Å². The van der Waals surface area contributed by atoms with E-state index in [1.165, 1.54) is 6.08 Å². The summed E-state index contributed by atoms with van der Waals surface area (Å²) in [6.07, 6.45) is 1.43. The highest BCUT2D eigenvalue weighted by Gasteiger charge is 2.36. The molecule has 9 heteroatoms. The van der Waals surface area contributed by atoms with Crippen LogP contribution in [0.5, 0.6) is 0 Å². The number of halogens is 2. The molecule has 1 aromatic heterocycles. The number of rotatable bonds is 5. The van der Waals surface area contributed by atoms with Gasteiger partial charge in [0.05, 0.1) is 10.6 Å². The Labute approximate surface area is 179 Å². The van der Waals surface area contributed by atoms with Gasteiger partial charge in [0, 0.05) is 17.7 Å². The van der Waals surface area contributed by atoms with E-state index in [-0.39, 0.29) is 10.6 Å². The van der Waals surface area contributed by atoms with Crippen molar-refractivity contribution in [1.82, 2.24) is 4.90 Å². The van der Waals surface area contributed by atoms with E-state index in [1.807, 2.05) is 30.3 Å². The van der Waals surface area contributed by atoms with Crippen molar-refractivity contribution in [1.29, 1.82) is 0 Å². The molecule has 0 bridgehead atoms. The zero-order valence-electron chi connectivity index (χ0n) is 15.8. The Morgan fingerprint density at radius 2 is 1.84 bits per heavy atom. The zero-order chi connectivity index (χ0) is 22.0. The minimum Gasteiger partial charge on any atom is -0.457 e. The molecule has 31 heavy (non-hydrogen) atoms. The lowest BCUT2D eigenvalue weighted by Gasteiger charge is -2.12. The Balaban J connectivity index is 1.45. The van der Waals surface area contributed by atoms with Gasteiger partial charge in [-0.05, 0) is 36.0 Å². The zero-order valence-corrected chi connectivity index (χ0v) is 16.6. The highest BCUT2D eigenvalue weighted by molar-refractivity contribution is 8.18. The molecule has 6 nitrogen and oxygen atoms in total. The van der Waals surface area contributed by atoms with Gasteiger partial charge in [-0.2, -0.15) is 0 Å². The summed E-state index contributed by atoms with van der Waals surface area (Å²) in [7, 11) is 0. The van der Waals surface area contributed by atoms with Gasteiger partial charge in [-0.15, -0.1) is 0 Å². The average Bonchev–Trinajstić information content (AvgIpc) is 3.31. The predicted molar refractivity (Wildman–Crippen MR) is 112 cm³/mol. The number of carbonyl (C=O) groups is 3. The number of nitrogens with zero attached hydrogens (tertiary/aromatic N) is 1. The van der Waals surface area contributed by atoms with Crippen molar-refractivity contribution < 1.29 is 27.6 Å². The molecule has 1 fully saturated rings. The highest BCUT2D eigenvalue weighted by Crippen LogP contribution is 2.33. The first-order chi connectivity index (χ1) is 14.9. The Morgan fingerprint density at radius 1 is 1.06 bits per heavy atom. The van der Waals surface area contributed by atoms with Crippen LogP contribution in [0.15, 0.2) is 70.0 Å². The minimum absolute atomic E-state index is 0.0970. The molecular weight excluding hydrogens is 426 g/mol. The van der Waals surface area contributed by atoms with Crippen molar-refractivity contribution in [2.24, 2.45) is 0 Å². The van der Waals surface area contributed by atoms with E-state index in [1.54, 1.807) is 12.1 Å². The van der Waals surface area contributed by atoms with Crippen LogP contribution in [0.3, 0.4) is 0 Å². The van der Waals surface area contributed by atoms with E-state index < -0.39 is 35.2 Å². The van der Waals surface area contributed by atoms with Crippen LogP contribution in [0.1, 0.15) is 5.76 Å². The Bertz CT molecular complexity index is 1210. The van der Waals surface area contributed by atoms with Crippen molar-refractivity contribution >= 4 is 40.6 Å². The molecular formula is C22H14F2N2O4S. The molecule has 2 heterocycles. The van der Waals surface area contributed by atoms with Crippen LogP contribution in [0.2, 0.25) is 0 Å². The first-order valence-electron chi connectivity index (χ1n) is 9.06. The van der Waals surface area contributed by atoms with Crippen LogP contribution in [0.4, 0.5) is 19.3 Å². The molecule has 4 rings (SSSR count). The molecule has 0 unspecified atom stereocenters. The monoisotopic (exact) mass is 440 g/mol. The fourth-order valence-corrected chi connectivity index (χ4v) is 3.70. The fourth-order valence-electron chi connectivity index (χ4n) is 2.88. The van der Waals surface area contributed by atoms with Crippen molar-refractivity contribution in [2.45, 2.75) is 0 Å². The van der Waals surface area contributed by atoms with E-state index in [2.05, 4.69) is 5.32 Å². The summed E-state index contributed by atoms with van der Waals surface area (Å²) in [4.78, 5) is 37.8. The van der Waals surface area contributed by atoms with Crippen molar-refractivity contribution in [3.8, 4) is 11.3 Å². The SMILES string of the molecule is O=C(CN1C(=O)S/C(=C\c2ccc(-c3ccccc3)o2)C1=O)Nc1ccc(F)cc1F. The summed E-state index contributed by atoms with van der Waals surface area (Å²) in [5.74, 6) is -2.23. The maximum absolute atomic E-state index is 13.7. The highest BCUT2D eigenvalue weighted by atomic mass is 32.2. The van der Waals surface area contributed by atoms with E-state index in [0.29, 0.717) is 29.3 Å².